The molecule has 2 rings (SSSR count). The van der Waals surface area contributed by atoms with Crippen molar-refractivity contribution in [2.75, 3.05) is 0 Å². The summed E-state index contributed by atoms with van der Waals surface area (Å²) in [6.07, 6.45) is 0.352. The minimum absolute atomic E-state index is 0.0181. The van der Waals surface area contributed by atoms with Gasteiger partial charge in [-0.2, -0.15) is 0 Å². The van der Waals surface area contributed by atoms with Crippen molar-refractivity contribution in [3.8, 4) is 0 Å². The number of pyridine rings is 1. The van der Waals surface area contributed by atoms with Crippen molar-refractivity contribution in [1.82, 2.24) is 4.98 Å². The van der Waals surface area contributed by atoms with Gasteiger partial charge in [0.15, 0.2) is 0 Å². The van der Waals surface area contributed by atoms with Crippen molar-refractivity contribution >= 4 is 0 Å². The van der Waals surface area contributed by atoms with Crippen LogP contribution in [0, 0.1) is 18.6 Å². The predicted molar refractivity (Wildman–Crippen MR) is 59.4 cm³/mol. The summed E-state index contributed by atoms with van der Waals surface area (Å²) in [6, 6.07) is 6.51. The summed E-state index contributed by atoms with van der Waals surface area (Å²) >= 11 is 0. The van der Waals surface area contributed by atoms with E-state index in [0.29, 0.717) is 5.69 Å². The molecule has 0 aliphatic heterocycles. The number of aromatic nitrogens is 1. The zero-order valence-corrected chi connectivity index (χ0v) is 9.19. The molecule has 0 bridgehead atoms. The second kappa shape index (κ2) is 4.59. The van der Waals surface area contributed by atoms with E-state index < -0.39 is 17.7 Å². The van der Waals surface area contributed by atoms with Crippen molar-refractivity contribution in [2.24, 2.45) is 0 Å². The molecule has 0 fully saturated rings. The Labute approximate surface area is 97.6 Å². The lowest BCUT2D eigenvalue weighted by Crippen LogP contribution is -2.05. The van der Waals surface area contributed by atoms with Gasteiger partial charge in [0, 0.05) is 17.8 Å². The molecule has 1 aromatic heterocycles. The van der Waals surface area contributed by atoms with Crippen LogP contribution in [0.3, 0.4) is 0 Å². The molecule has 0 aliphatic carbocycles. The number of benzene rings is 1. The third kappa shape index (κ3) is 2.47. The van der Waals surface area contributed by atoms with Crippen LogP contribution in [0.2, 0.25) is 0 Å². The van der Waals surface area contributed by atoms with Gasteiger partial charge in [0.2, 0.25) is 0 Å². The highest BCUT2D eigenvalue weighted by molar-refractivity contribution is 5.29. The maximum Gasteiger partial charge on any atom is 0.132 e. The van der Waals surface area contributed by atoms with Gasteiger partial charge in [-0.05, 0) is 30.7 Å². The number of rotatable bonds is 2. The first-order valence-corrected chi connectivity index (χ1v) is 5.13. The summed E-state index contributed by atoms with van der Waals surface area (Å²) in [5.41, 5.74) is 1.27. The largest absolute Gasteiger partial charge is 0.382 e. The van der Waals surface area contributed by atoms with Crippen LogP contribution >= 0.6 is 0 Å². The van der Waals surface area contributed by atoms with Crippen molar-refractivity contribution in [3.05, 3.63) is 65.0 Å². The molecule has 2 nitrogen and oxygen atoms in total. The number of halogens is 2. The SMILES string of the molecule is Cc1ccnc(C(O)c2ccc(F)cc2F)c1. The molecule has 0 aliphatic rings. The molecule has 4 heteroatoms. The summed E-state index contributed by atoms with van der Waals surface area (Å²) in [5, 5.41) is 9.96. The molecular formula is C13H11F2NO. The highest BCUT2D eigenvalue weighted by Crippen LogP contribution is 2.23. The van der Waals surface area contributed by atoms with Gasteiger partial charge in [-0.15, -0.1) is 0 Å². The van der Waals surface area contributed by atoms with Crippen LogP contribution in [0.4, 0.5) is 8.78 Å². The number of aliphatic hydroxyl groups excluding tert-OH is 1. The maximum atomic E-state index is 13.5. The van der Waals surface area contributed by atoms with Gasteiger partial charge in [0.1, 0.15) is 17.7 Å². The fourth-order valence-corrected chi connectivity index (χ4v) is 1.59. The summed E-state index contributed by atoms with van der Waals surface area (Å²) in [4.78, 5) is 3.97. The molecule has 1 N–H and O–H groups in total. The number of aliphatic hydroxyl groups is 1. The summed E-state index contributed by atoms with van der Waals surface area (Å²) < 4.78 is 26.2. The molecule has 1 heterocycles. The highest BCUT2D eigenvalue weighted by Gasteiger charge is 2.16. The molecule has 88 valence electrons. The molecule has 1 unspecified atom stereocenters. The number of aryl methyl sites for hydroxylation is 1. The van der Waals surface area contributed by atoms with Crippen molar-refractivity contribution in [3.63, 3.8) is 0 Å². The average Bonchev–Trinajstić information content (AvgIpc) is 2.28. The van der Waals surface area contributed by atoms with E-state index in [2.05, 4.69) is 4.98 Å². The normalized spacial score (nSPS) is 12.5. The maximum absolute atomic E-state index is 13.5. The summed E-state index contributed by atoms with van der Waals surface area (Å²) in [7, 11) is 0. The van der Waals surface area contributed by atoms with E-state index >= 15 is 0 Å². The quantitative estimate of drug-likeness (QED) is 0.868. The van der Waals surface area contributed by atoms with Crippen LogP contribution in [0.15, 0.2) is 36.5 Å². The molecule has 17 heavy (non-hydrogen) atoms. The van der Waals surface area contributed by atoms with E-state index in [-0.39, 0.29) is 5.56 Å². The van der Waals surface area contributed by atoms with E-state index in [1.807, 2.05) is 6.92 Å². The van der Waals surface area contributed by atoms with Gasteiger partial charge in [0.05, 0.1) is 5.69 Å². The predicted octanol–water partition coefficient (Wildman–Crippen LogP) is 2.75. The van der Waals surface area contributed by atoms with Gasteiger partial charge in [-0.25, -0.2) is 8.78 Å². The van der Waals surface area contributed by atoms with Crippen LogP contribution in [0.1, 0.15) is 22.9 Å². The first-order valence-electron chi connectivity index (χ1n) is 5.13. The van der Waals surface area contributed by atoms with Crippen molar-refractivity contribution in [2.45, 2.75) is 13.0 Å². The van der Waals surface area contributed by atoms with Gasteiger partial charge in [0.25, 0.3) is 0 Å². The molecule has 1 aromatic carbocycles. The fraction of sp³-hybridized carbons (Fsp3) is 0.154. The second-order valence-electron chi connectivity index (χ2n) is 3.83. The Balaban J connectivity index is 2.40. The van der Waals surface area contributed by atoms with Crippen LogP contribution < -0.4 is 0 Å². The lowest BCUT2D eigenvalue weighted by molar-refractivity contribution is 0.209. The molecule has 0 spiro atoms. The van der Waals surface area contributed by atoms with Crippen LogP contribution in [0.5, 0.6) is 0 Å². The van der Waals surface area contributed by atoms with E-state index in [1.165, 1.54) is 12.3 Å². The Morgan fingerprint density at radius 1 is 1.18 bits per heavy atom. The van der Waals surface area contributed by atoms with E-state index in [9.17, 15) is 13.9 Å². The fourth-order valence-electron chi connectivity index (χ4n) is 1.59. The summed E-state index contributed by atoms with van der Waals surface area (Å²) in [6.45, 7) is 1.85. The van der Waals surface area contributed by atoms with Gasteiger partial charge in [-0.1, -0.05) is 6.07 Å². The Bertz CT molecular complexity index is 543. The summed E-state index contributed by atoms with van der Waals surface area (Å²) in [5.74, 6) is -1.45. The standard InChI is InChI=1S/C13H11F2NO/c1-8-4-5-16-12(6-8)13(17)10-3-2-9(14)7-11(10)15/h2-7,13,17H,1H3. The number of nitrogens with zero attached hydrogens (tertiary/aromatic N) is 1. The Hall–Kier alpha value is -1.81. The van der Waals surface area contributed by atoms with Crippen LogP contribution in [-0.2, 0) is 0 Å². The second-order valence-corrected chi connectivity index (χ2v) is 3.83. The minimum Gasteiger partial charge on any atom is -0.382 e. The Morgan fingerprint density at radius 3 is 2.59 bits per heavy atom. The average molecular weight is 235 g/mol. The lowest BCUT2D eigenvalue weighted by Gasteiger charge is -2.11. The molecule has 0 saturated carbocycles. The zero-order chi connectivity index (χ0) is 12.4. The number of hydrogen-bond acceptors (Lipinski definition) is 2. The molecule has 1 atom stereocenters. The third-order valence-corrected chi connectivity index (χ3v) is 2.47. The Morgan fingerprint density at radius 2 is 1.94 bits per heavy atom. The first-order chi connectivity index (χ1) is 8.08. The molecule has 0 radical (unpaired) electrons. The number of hydrogen-bond donors (Lipinski definition) is 1. The highest BCUT2D eigenvalue weighted by atomic mass is 19.1. The van der Waals surface area contributed by atoms with Gasteiger partial charge >= 0.3 is 0 Å². The van der Waals surface area contributed by atoms with Gasteiger partial charge < -0.3 is 5.11 Å². The van der Waals surface area contributed by atoms with E-state index in [0.717, 1.165) is 17.7 Å². The lowest BCUT2D eigenvalue weighted by atomic mass is 10.0. The smallest absolute Gasteiger partial charge is 0.132 e. The molecule has 0 amide bonds. The van der Waals surface area contributed by atoms with Crippen LogP contribution in [-0.4, -0.2) is 10.1 Å². The first kappa shape index (κ1) is 11.7. The van der Waals surface area contributed by atoms with E-state index in [4.69, 9.17) is 0 Å². The minimum atomic E-state index is -1.18. The monoisotopic (exact) mass is 235 g/mol. The molecule has 0 saturated heterocycles. The van der Waals surface area contributed by atoms with Crippen molar-refractivity contribution in [1.29, 1.82) is 0 Å². The third-order valence-electron chi connectivity index (χ3n) is 2.47. The molecule has 2 aromatic rings. The van der Waals surface area contributed by atoms with Gasteiger partial charge in [-0.3, -0.25) is 4.98 Å². The Kier molecular flexibility index (Phi) is 3.15. The van der Waals surface area contributed by atoms with Crippen molar-refractivity contribution < 1.29 is 13.9 Å². The topological polar surface area (TPSA) is 33.1 Å². The zero-order valence-electron chi connectivity index (χ0n) is 9.19. The van der Waals surface area contributed by atoms with Crippen LogP contribution in [0.25, 0.3) is 0 Å². The molecular weight excluding hydrogens is 224 g/mol. The van der Waals surface area contributed by atoms with E-state index in [1.54, 1.807) is 12.1 Å².